The highest BCUT2D eigenvalue weighted by atomic mass is 16.5. The van der Waals surface area contributed by atoms with Gasteiger partial charge in [0.15, 0.2) is 11.6 Å². The van der Waals surface area contributed by atoms with Crippen LogP contribution in [0.1, 0.15) is 41.6 Å². The first-order valence-corrected chi connectivity index (χ1v) is 9.14. The van der Waals surface area contributed by atoms with E-state index in [2.05, 4.69) is 27.1 Å². The molecule has 0 unspecified atom stereocenters. The molecule has 1 saturated heterocycles. The van der Waals surface area contributed by atoms with Crippen molar-refractivity contribution in [1.29, 1.82) is 0 Å². The van der Waals surface area contributed by atoms with Crippen molar-refractivity contribution in [3.05, 3.63) is 41.6 Å². The van der Waals surface area contributed by atoms with Gasteiger partial charge in [-0.2, -0.15) is 10.1 Å². The number of amides is 1. The predicted octanol–water partition coefficient (Wildman–Crippen LogP) is 2.81. The molecule has 8 nitrogen and oxygen atoms in total. The zero-order chi connectivity index (χ0) is 19.0. The van der Waals surface area contributed by atoms with Crippen LogP contribution < -0.4 is 0 Å². The van der Waals surface area contributed by atoms with Gasteiger partial charge in [0.05, 0.1) is 23.0 Å². The first kappa shape index (κ1) is 17.4. The molecule has 4 heterocycles. The number of piperidine rings is 1. The van der Waals surface area contributed by atoms with Gasteiger partial charge in [-0.1, -0.05) is 12.1 Å². The highest BCUT2D eigenvalue weighted by Gasteiger charge is 2.24. The van der Waals surface area contributed by atoms with E-state index >= 15 is 0 Å². The predicted molar refractivity (Wildman–Crippen MR) is 98.4 cm³/mol. The highest BCUT2D eigenvalue weighted by molar-refractivity contribution is 5.95. The van der Waals surface area contributed by atoms with E-state index in [9.17, 15) is 4.79 Å². The molecule has 0 spiro atoms. The molecule has 0 atom stereocenters. The van der Waals surface area contributed by atoms with Gasteiger partial charge in [-0.25, -0.2) is 9.67 Å². The Morgan fingerprint density at radius 2 is 1.96 bits per heavy atom. The van der Waals surface area contributed by atoms with Crippen LogP contribution in [0.25, 0.3) is 17.3 Å². The zero-order valence-corrected chi connectivity index (χ0v) is 15.7. The SMILES string of the molecule is Cc1noc(-c2ccc(-n3ncc(C(=O)N4CCC(C)CC4)c3C)nc2)n1. The average Bonchev–Trinajstić information content (AvgIpc) is 3.28. The summed E-state index contributed by atoms with van der Waals surface area (Å²) in [5, 5.41) is 8.16. The number of pyridine rings is 1. The van der Waals surface area contributed by atoms with Crippen LogP contribution in [0.3, 0.4) is 0 Å². The van der Waals surface area contributed by atoms with Gasteiger partial charge in [-0.05, 0) is 44.7 Å². The molecule has 4 rings (SSSR count). The molecule has 3 aromatic rings. The maximum atomic E-state index is 12.8. The molecule has 0 radical (unpaired) electrons. The first-order chi connectivity index (χ1) is 13.0. The second-order valence-electron chi connectivity index (χ2n) is 7.08. The van der Waals surface area contributed by atoms with Crippen molar-refractivity contribution in [2.24, 2.45) is 5.92 Å². The van der Waals surface area contributed by atoms with E-state index in [0.717, 1.165) is 37.2 Å². The van der Waals surface area contributed by atoms with Crippen LogP contribution >= 0.6 is 0 Å². The minimum absolute atomic E-state index is 0.0450. The Labute approximate surface area is 157 Å². The van der Waals surface area contributed by atoms with Crippen LogP contribution in [0.5, 0.6) is 0 Å². The van der Waals surface area contributed by atoms with Crippen LogP contribution in [-0.4, -0.2) is 48.8 Å². The maximum Gasteiger partial charge on any atom is 0.259 e. The van der Waals surface area contributed by atoms with Gasteiger partial charge in [-0.15, -0.1) is 0 Å². The summed E-state index contributed by atoms with van der Waals surface area (Å²) in [6.07, 6.45) is 5.40. The molecular weight excluding hydrogens is 344 g/mol. The lowest BCUT2D eigenvalue weighted by Crippen LogP contribution is -2.38. The average molecular weight is 366 g/mol. The first-order valence-electron chi connectivity index (χ1n) is 9.14. The molecule has 0 N–H and O–H groups in total. The Morgan fingerprint density at radius 3 is 2.59 bits per heavy atom. The number of carbonyl (C=O) groups is 1. The van der Waals surface area contributed by atoms with Crippen LogP contribution in [0, 0.1) is 19.8 Å². The summed E-state index contributed by atoms with van der Waals surface area (Å²) in [5.74, 6) is 2.37. The second-order valence-corrected chi connectivity index (χ2v) is 7.08. The molecule has 0 bridgehead atoms. The number of nitrogens with zero attached hydrogens (tertiary/aromatic N) is 6. The smallest absolute Gasteiger partial charge is 0.259 e. The maximum absolute atomic E-state index is 12.8. The Hall–Kier alpha value is -3.03. The Bertz CT molecular complexity index is 951. The summed E-state index contributed by atoms with van der Waals surface area (Å²) in [4.78, 5) is 23.4. The van der Waals surface area contributed by atoms with Crippen molar-refractivity contribution in [3.8, 4) is 17.3 Å². The number of carbonyl (C=O) groups excluding carboxylic acids is 1. The van der Waals surface area contributed by atoms with Gasteiger partial charge in [-0.3, -0.25) is 4.79 Å². The summed E-state index contributed by atoms with van der Waals surface area (Å²) < 4.78 is 6.84. The van der Waals surface area contributed by atoms with Crippen molar-refractivity contribution in [3.63, 3.8) is 0 Å². The fraction of sp³-hybridized carbons (Fsp3) is 0.421. The van der Waals surface area contributed by atoms with Crippen molar-refractivity contribution >= 4 is 5.91 Å². The number of likely N-dealkylation sites (tertiary alicyclic amines) is 1. The van der Waals surface area contributed by atoms with Gasteiger partial charge in [0.25, 0.3) is 11.8 Å². The van der Waals surface area contributed by atoms with Crippen molar-refractivity contribution in [2.45, 2.75) is 33.6 Å². The van der Waals surface area contributed by atoms with Gasteiger partial charge in [0.2, 0.25) is 0 Å². The number of aromatic nitrogens is 5. The largest absolute Gasteiger partial charge is 0.339 e. The van der Waals surface area contributed by atoms with E-state index in [-0.39, 0.29) is 5.91 Å². The minimum Gasteiger partial charge on any atom is -0.339 e. The summed E-state index contributed by atoms with van der Waals surface area (Å²) in [6, 6.07) is 3.68. The third-order valence-corrected chi connectivity index (χ3v) is 5.05. The molecule has 0 saturated carbocycles. The molecule has 1 fully saturated rings. The lowest BCUT2D eigenvalue weighted by Gasteiger charge is -2.30. The summed E-state index contributed by atoms with van der Waals surface area (Å²) in [6.45, 7) is 7.51. The van der Waals surface area contributed by atoms with Crippen LogP contribution in [0.2, 0.25) is 0 Å². The van der Waals surface area contributed by atoms with Gasteiger partial charge in [0.1, 0.15) is 0 Å². The summed E-state index contributed by atoms with van der Waals surface area (Å²) in [7, 11) is 0. The molecule has 27 heavy (non-hydrogen) atoms. The fourth-order valence-corrected chi connectivity index (χ4v) is 3.28. The third kappa shape index (κ3) is 3.34. The lowest BCUT2D eigenvalue weighted by atomic mass is 9.99. The van der Waals surface area contributed by atoms with E-state index in [1.54, 1.807) is 24.0 Å². The standard InChI is InChI=1S/C19H22N6O2/c1-12-6-8-24(9-7-12)19(26)16-11-21-25(13(16)2)17-5-4-15(10-20-17)18-22-14(3)23-27-18/h4-5,10-12H,6-9H2,1-3H3. The Kier molecular flexibility index (Phi) is 4.47. The molecule has 3 aromatic heterocycles. The van der Waals surface area contributed by atoms with E-state index in [4.69, 9.17) is 4.52 Å². The van der Waals surface area contributed by atoms with E-state index in [0.29, 0.717) is 29.0 Å². The van der Waals surface area contributed by atoms with Crippen molar-refractivity contribution < 1.29 is 9.32 Å². The summed E-state index contributed by atoms with van der Waals surface area (Å²) in [5.41, 5.74) is 2.15. The van der Waals surface area contributed by atoms with Crippen molar-refractivity contribution in [1.82, 2.24) is 29.8 Å². The number of hydrogen-bond acceptors (Lipinski definition) is 6. The number of hydrogen-bond donors (Lipinski definition) is 0. The molecule has 140 valence electrons. The van der Waals surface area contributed by atoms with Crippen LogP contribution in [0.4, 0.5) is 0 Å². The van der Waals surface area contributed by atoms with E-state index in [1.165, 1.54) is 0 Å². The van der Waals surface area contributed by atoms with E-state index in [1.807, 2.05) is 24.0 Å². The molecule has 1 aliphatic heterocycles. The molecule has 1 aliphatic rings. The molecule has 0 aliphatic carbocycles. The minimum atomic E-state index is 0.0450. The summed E-state index contributed by atoms with van der Waals surface area (Å²) >= 11 is 0. The van der Waals surface area contributed by atoms with Crippen molar-refractivity contribution in [2.75, 3.05) is 13.1 Å². The molecule has 1 amide bonds. The lowest BCUT2D eigenvalue weighted by molar-refractivity contribution is 0.0696. The van der Waals surface area contributed by atoms with Crippen LogP contribution in [-0.2, 0) is 0 Å². The van der Waals surface area contributed by atoms with Gasteiger partial charge in [0, 0.05) is 19.3 Å². The topological polar surface area (TPSA) is 89.9 Å². The molecule has 8 heteroatoms. The molecule has 0 aromatic carbocycles. The monoisotopic (exact) mass is 366 g/mol. The Balaban J connectivity index is 1.56. The van der Waals surface area contributed by atoms with Crippen LogP contribution in [0.15, 0.2) is 29.0 Å². The number of rotatable bonds is 3. The third-order valence-electron chi connectivity index (χ3n) is 5.05. The zero-order valence-electron chi connectivity index (χ0n) is 15.7. The Morgan fingerprint density at radius 1 is 1.19 bits per heavy atom. The highest BCUT2D eigenvalue weighted by Crippen LogP contribution is 2.21. The quantitative estimate of drug-likeness (QED) is 0.708. The van der Waals surface area contributed by atoms with E-state index < -0.39 is 0 Å². The van der Waals surface area contributed by atoms with Gasteiger partial charge >= 0.3 is 0 Å². The second kappa shape index (κ2) is 6.94. The normalized spacial score (nSPS) is 15.3. The number of aryl methyl sites for hydroxylation is 1. The van der Waals surface area contributed by atoms with Gasteiger partial charge < -0.3 is 9.42 Å². The molecular formula is C19H22N6O2. The fourth-order valence-electron chi connectivity index (χ4n) is 3.28.